The third kappa shape index (κ3) is 3.37. The topological polar surface area (TPSA) is 112 Å². The van der Waals surface area contributed by atoms with Gasteiger partial charge in [0.15, 0.2) is 5.82 Å². The fraction of sp³-hybridized carbons (Fsp3) is 0.500. The van der Waals surface area contributed by atoms with Gasteiger partial charge >= 0.3 is 5.69 Å². The summed E-state index contributed by atoms with van der Waals surface area (Å²) in [5, 5.41) is 3.95. The SMILES string of the molecule is Cn1c(=O)n(C)c2cc(S(=O)(=O)NC(C)(C)c3noc(C(C)(C)C)n3)ccc21. The molecule has 0 aliphatic carbocycles. The van der Waals surface area contributed by atoms with Crippen LogP contribution in [0.3, 0.4) is 0 Å². The van der Waals surface area contributed by atoms with Crippen LogP contribution in [-0.2, 0) is 35.1 Å². The second-order valence-electron chi connectivity index (χ2n) is 8.45. The second kappa shape index (κ2) is 6.28. The van der Waals surface area contributed by atoms with E-state index in [1.54, 1.807) is 34.0 Å². The summed E-state index contributed by atoms with van der Waals surface area (Å²) in [6.45, 7) is 9.12. The van der Waals surface area contributed by atoms with Gasteiger partial charge in [-0.05, 0) is 32.0 Å². The first-order valence-corrected chi connectivity index (χ1v) is 10.3. The third-order valence-electron chi connectivity index (χ3n) is 4.57. The molecular weight excluding hydrogens is 382 g/mol. The van der Waals surface area contributed by atoms with Gasteiger partial charge in [-0.15, -0.1) is 0 Å². The Labute approximate surface area is 163 Å². The Bertz CT molecular complexity index is 1210. The Kier molecular flexibility index (Phi) is 4.55. The standard InChI is InChI=1S/C18H25N5O4S/c1-17(2,3)15-19-14(20-27-15)18(4,5)21-28(25,26)11-8-9-12-13(10-11)23(7)16(24)22(12)6/h8-10,21H,1-7H3. The molecule has 0 fully saturated rings. The van der Waals surface area contributed by atoms with E-state index in [0.29, 0.717) is 16.9 Å². The monoisotopic (exact) mass is 407 g/mol. The van der Waals surface area contributed by atoms with Crippen LogP contribution in [-0.4, -0.2) is 27.7 Å². The van der Waals surface area contributed by atoms with E-state index >= 15 is 0 Å². The molecule has 0 spiro atoms. The molecular formula is C18H25N5O4S. The normalized spacial score (nSPS) is 13.4. The number of nitrogens with one attached hydrogen (secondary N) is 1. The number of aryl methyl sites for hydroxylation is 2. The summed E-state index contributed by atoms with van der Waals surface area (Å²) in [6.07, 6.45) is 0. The van der Waals surface area contributed by atoms with Crippen molar-refractivity contribution >= 4 is 21.1 Å². The van der Waals surface area contributed by atoms with Crippen LogP contribution < -0.4 is 10.4 Å². The number of benzene rings is 1. The lowest BCUT2D eigenvalue weighted by Gasteiger charge is -2.22. The Morgan fingerprint density at radius 3 is 2.21 bits per heavy atom. The lowest BCUT2D eigenvalue weighted by atomic mass is 9.97. The molecule has 28 heavy (non-hydrogen) atoms. The first-order valence-electron chi connectivity index (χ1n) is 8.78. The molecule has 1 N–H and O–H groups in total. The molecule has 0 saturated heterocycles. The molecule has 0 amide bonds. The molecule has 0 bridgehead atoms. The molecule has 2 heterocycles. The zero-order valence-electron chi connectivity index (χ0n) is 17.1. The van der Waals surface area contributed by atoms with E-state index in [1.807, 2.05) is 20.8 Å². The maximum Gasteiger partial charge on any atom is 0.328 e. The number of rotatable bonds is 4. The molecule has 0 aliphatic rings. The highest BCUT2D eigenvalue weighted by molar-refractivity contribution is 7.89. The number of aromatic nitrogens is 4. The summed E-state index contributed by atoms with van der Waals surface area (Å²) in [6, 6.07) is 4.56. The molecule has 1 aromatic carbocycles. The molecule has 0 saturated carbocycles. The average Bonchev–Trinajstić information content (AvgIpc) is 3.16. The van der Waals surface area contributed by atoms with Crippen LogP contribution in [0.2, 0.25) is 0 Å². The van der Waals surface area contributed by atoms with Crippen LogP contribution >= 0.6 is 0 Å². The van der Waals surface area contributed by atoms with Crippen LogP contribution in [0.15, 0.2) is 32.4 Å². The Morgan fingerprint density at radius 1 is 1.04 bits per heavy atom. The van der Waals surface area contributed by atoms with Crippen molar-refractivity contribution in [1.29, 1.82) is 0 Å². The summed E-state index contributed by atoms with van der Waals surface area (Å²) in [4.78, 5) is 16.5. The fourth-order valence-corrected chi connectivity index (χ4v) is 4.27. The third-order valence-corrected chi connectivity index (χ3v) is 6.22. The first kappa shape index (κ1) is 20.3. The molecule has 2 aromatic heterocycles. The van der Waals surface area contributed by atoms with Crippen LogP contribution in [0, 0.1) is 0 Å². The van der Waals surface area contributed by atoms with Crippen molar-refractivity contribution in [3.05, 3.63) is 40.4 Å². The molecule has 10 heteroatoms. The van der Waals surface area contributed by atoms with Gasteiger partial charge in [-0.1, -0.05) is 25.9 Å². The largest absolute Gasteiger partial charge is 0.339 e. The van der Waals surface area contributed by atoms with Gasteiger partial charge in [-0.25, -0.2) is 13.2 Å². The minimum Gasteiger partial charge on any atom is -0.339 e. The minimum atomic E-state index is -3.90. The molecule has 9 nitrogen and oxygen atoms in total. The van der Waals surface area contributed by atoms with E-state index in [-0.39, 0.29) is 21.8 Å². The molecule has 0 unspecified atom stereocenters. The number of nitrogens with zero attached hydrogens (tertiary/aromatic N) is 4. The van der Waals surface area contributed by atoms with Gasteiger partial charge in [0, 0.05) is 19.5 Å². The Hall–Kier alpha value is -2.46. The Balaban J connectivity index is 1.99. The van der Waals surface area contributed by atoms with Gasteiger partial charge in [0.1, 0.15) is 0 Å². The van der Waals surface area contributed by atoms with Gasteiger partial charge in [-0.2, -0.15) is 9.71 Å². The molecule has 0 atom stereocenters. The highest BCUT2D eigenvalue weighted by atomic mass is 32.2. The first-order chi connectivity index (χ1) is 12.7. The lowest BCUT2D eigenvalue weighted by Crippen LogP contribution is -2.41. The van der Waals surface area contributed by atoms with Crippen molar-refractivity contribution < 1.29 is 12.9 Å². The van der Waals surface area contributed by atoms with Gasteiger partial charge in [0.2, 0.25) is 15.9 Å². The molecule has 3 aromatic rings. The van der Waals surface area contributed by atoms with E-state index in [9.17, 15) is 13.2 Å². The highest BCUT2D eigenvalue weighted by Gasteiger charge is 2.34. The van der Waals surface area contributed by atoms with Gasteiger partial charge in [0.25, 0.3) is 0 Å². The van der Waals surface area contributed by atoms with Gasteiger partial charge in [-0.3, -0.25) is 9.13 Å². The average molecular weight is 407 g/mol. The maximum atomic E-state index is 13.0. The Morgan fingerprint density at radius 2 is 1.64 bits per heavy atom. The van der Waals surface area contributed by atoms with Crippen LogP contribution in [0.5, 0.6) is 0 Å². The van der Waals surface area contributed by atoms with Crippen molar-refractivity contribution in [3.8, 4) is 0 Å². The predicted octanol–water partition coefficient (Wildman–Crippen LogP) is 1.77. The van der Waals surface area contributed by atoms with Crippen LogP contribution in [0.4, 0.5) is 0 Å². The number of fused-ring (bicyclic) bond motifs is 1. The predicted molar refractivity (Wildman–Crippen MR) is 105 cm³/mol. The van der Waals surface area contributed by atoms with Crippen molar-refractivity contribution in [2.75, 3.05) is 0 Å². The summed E-state index contributed by atoms with van der Waals surface area (Å²) < 4.78 is 36.8. The van der Waals surface area contributed by atoms with Gasteiger partial charge in [0.05, 0.1) is 21.5 Å². The van der Waals surface area contributed by atoms with E-state index in [2.05, 4.69) is 14.9 Å². The van der Waals surface area contributed by atoms with Crippen molar-refractivity contribution in [3.63, 3.8) is 0 Å². The molecule has 3 rings (SSSR count). The number of hydrogen-bond donors (Lipinski definition) is 1. The lowest BCUT2D eigenvalue weighted by molar-refractivity contribution is 0.311. The number of hydrogen-bond acceptors (Lipinski definition) is 6. The van der Waals surface area contributed by atoms with E-state index in [0.717, 1.165) is 0 Å². The minimum absolute atomic E-state index is 0.0498. The van der Waals surface area contributed by atoms with Crippen molar-refractivity contribution in [2.24, 2.45) is 14.1 Å². The zero-order chi connectivity index (χ0) is 21.1. The van der Waals surface area contributed by atoms with E-state index in [4.69, 9.17) is 4.52 Å². The molecule has 0 radical (unpaired) electrons. The zero-order valence-corrected chi connectivity index (χ0v) is 17.9. The van der Waals surface area contributed by atoms with Crippen molar-refractivity contribution in [1.82, 2.24) is 24.0 Å². The molecule has 0 aliphatic heterocycles. The summed E-state index contributed by atoms with van der Waals surface area (Å²) in [7, 11) is -0.655. The van der Waals surface area contributed by atoms with Crippen LogP contribution in [0.25, 0.3) is 11.0 Å². The summed E-state index contributed by atoms with van der Waals surface area (Å²) in [5.74, 6) is 0.671. The quantitative estimate of drug-likeness (QED) is 0.705. The number of imidazole rings is 1. The smallest absolute Gasteiger partial charge is 0.328 e. The summed E-state index contributed by atoms with van der Waals surface area (Å²) >= 11 is 0. The summed E-state index contributed by atoms with van der Waals surface area (Å²) in [5.41, 5.74) is -0.479. The van der Waals surface area contributed by atoms with Crippen molar-refractivity contribution in [2.45, 2.75) is 50.5 Å². The maximum absolute atomic E-state index is 13.0. The van der Waals surface area contributed by atoms with Gasteiger partial charge < -0.3 is 4.52 Å². The molecule has 152 valence electrons. The second-order valence-corrected chi connectivity index (χ2v) is 10.1. The fourth-order valence-electron chi connectivity index (χ4n) is 2.88. The van der Waals surface area contributed by atoms with Crippen LogP contribution in [0.1, 0.15) is 46.3 Å². The number of sulfonamides is 1. The van der Waals surface area contributed by atoms with E-state index in [1.165, 1.54) is 21.3 Å². The highest BCUT2D eigenvalue weighted by Crippen LogP contribution is 2.26. The van der Waals surface area contributed by atoms with E-state index < -0.39 is 15.6 Å².